The first kappa shape index (κ1) is 18.4. The van der Waals surface area contributed by atoms with E-state index in [9.17, 15) is 0 Å². The van der Waals surface area contributed by atoms with Crippen molar-refractivity contribution >= 4 is 0 Å². The van der Waals surface area contributed by atoms with Crippen molar-refractivity contribution in [1.29, 1.82) is 0 Å². The second-order valence-electron chi connectivity index (χ2n) is 2.57. The third-order valence-corrected chi connectivity index (χ3v) is 1.70. The summed E-state index contributed by atoms with van der Waals surface area (Å²) in [7, 11) is 0. The van der Waals surface area contributed by atoms with Crippen molar-refractivity contribution in [3.05, 3.63) is 5.32 Å². The van der Waals surface area contributed by atoms with Crippen LogP contribution in [0.15, 0.2) is 0 Å². The molecule has 0 amide bonds. The molecular formula is C10H24NW-. The van der Waals surface area contributed by atoms with Gasteiger partial charge in [0.1, 0.15) is 0 Å². The topological polar surface area (TPSA) is 14.1 Å². The smallest absolute Gasteiger partial charge is 0 e. The molecule has 76 valence electrons. The molecule has 0 aromatic heterocycles. The molecule has 1 nitrogen and oxygen atoms in total. The van der Waals surface area contributed by atoms with Gasteiger partial charge in [0, 0.05) is 21.1 Å². The zero-order valence-corrected chi connectivity index (χ0v) is 12.2. The van der Waals surface area contributed by atoms with Crippen molar-refractivity contribution in [3.8, 4) is 0 Å². The van der Waals surface area contributed by atoms with Crippen LogP contribution in [-0.4, -0.2) is 13.1 Å². The third kappa shape index (κ3) is 16.9. The van der Waals surface area contributed by atoms with Gasteiger partial charge >= 0.3 is 0 Å². The summed E-state index contributed by atoms with van der Waals surface area (Å²) in [5.74, 6) is 0.861. The van der Waals surface area contributed by atoms with Gasteiger partial charge in [-0.15, -0.1) is 6.54 Å². The fraction of sp³-hybridized carbons (Fsp3) is 1.00. The van der Waals surface area contributed by atoms with Crippen LogP contribution in [0, 0.1) is 5.92 Å². The van der Waals surface area contributed by atoms with Crippen molar-refractivity contribution in [2.45, 2.75) is 47.5 Å². The molecule has 0 aliphatic rings. The molecule has 1 atom stereocenters. The summed E-state index contributed by atoms with van der Waals surface area (Å²) in [5.41, 5.74) is 0. The van der Waals surface area contributed by atoms with Gasteiger partial charge in [-0.2, -0.15) is 6.54 Å². The maximum Gasteiger partial charge on any atom is 0 e. The van der Waals surface area contributed by atoms with Gasteiger partial charge in [-0.25, -0.2) is 0 Å². The Hall–Kier alpha value is 0.648. The summed E-state index contributed by atoms with van der Waals surface area (Å²) in [6.07, 6.45) is 2.56. The zero-order chi connectivity index (χ0) is 9.11. The van der Waals surface area contributed by atoms with Crippen molar-refractivity contribution in [2.75, 3.05) is 13.1 Å². The molecule has 0 saturated carbocycles. The van der Waals surface area contributed by atoms with Crippen molar-refractivity contribution in [2.24, 2.45) is 5.92 Å². The summed E-state index contributed by atoms with van der Waals surface area (Å²) in [6, 6.07) is 0. The van der Waals surface area contributed by atoms with E-state index in [0.29, 0.717) is 0 Å². The Kier molecular flexibility index (Phi) is 27.1. The first-order chi connectivity index (χ1) is 5.31. The standard InChI is InChI=1S/C8H18N.C2H6.W/c1-4-8(3)6-7-9-5-2;1-2;/h8H,4-7H2,1-3H3;1-2H3;/q-1;;. The first-order valence-corrected chi connectivity index (χ1v) is 4.94. The second kappa shape index (κ2) is 17.7. The number of nitrogens with zero attached hydrogens (tertiary/aromatic N) is 1. The Labute approximate surface area is 93.0 Å². The molecule has 0 rings (SSSR count). The fourth-order valence-electron chi connectivity index (χ4n) is 0.674. The van der Waals surface area contributed by atoms with E-state index in [2.05, 4.69) is 26.1 Å². The normalized spacial score (nSPS) is 10.8. The summed E-state index contributed by atoms with van der Waals surface area (Å²) >= 11 is 0. The van der Waals surface area contributed by atoms with Gasteiger partial charge in [0.05, 0.1) is 0 Å². The monoisotopic (exact) mass is 342 g/mol. The Morgan fingerprint density at radius 3 is 2.00 bits per heavy atom. The second-order valence-corrected chi connectivity index (χ2v) is 2.57. The van der Waals surface area contributed by atoms with Crippen molar-refractivity contribution in [1.82, 2.24) is 0 Å². The molecule has 0 saturated heterocycles. The average molecular weight is 342 g/mol. The van der Waals surface area contributed by atoms with Gasteiger partial charge < -0.3 is 5.32 Å². The molecule has 0 heterocycles. The molecule has 0 aromatic carbocycles. The maximum atomic E-state index is 4.26. The van der Waals surface area contributed by atoms with E-state index < -0.39 is 0 Å². The van der Waals surface area contributed by atoms with Crippen LogP contribution < -0.4 is 0 Å². The van der Waals surface area contributed by atoms with Crippen LogP contribution in [0.3, 0.4) is 0 Å². The van der Waals surface area contributed by atoms with Crippen LogP contribution >= 0.6 is 0 Å². The molecule has 0 radical (unpaired) electrons. The number of hydrogen-bond donors (Lipinski definition) is 0. The van der Waals surface area contributed by atoms with Gasteiger partial charge in [-0.3, -0.25) is 0 Å². The van der Waals surface area contributed by atoms with Crippen molar-refractivity contribution < 1.29 is 21.1 Å². The predicted molar refractivity (Wildman–Crippen MR) is 54.2 cm³/mol. The van der Waals surface area contributed by atoms with Gasteiger partial charge in [-0.1, -0.05) is 47.5 Å². The Bertz CT molecular complexity index is 57.8. The number of hydrogen-bond acceptors (Lipinski definition) is 0. The average Bonchev–Trinajstić information content (AvgIpc) is 2.08. The van der Waals surface area contributed by atoms with Crippen LogP contribution in [-0.2, 0) is 21.1 Å². The fourth-order valence-corrected chi connectivity index (χ4v) is 0.674. The Morgan fingerprint density at radius 2 is 1.67 bits per heavy atom. The van der Waals surface area contributed by atoms with E-state index in [1.165, 1.54) is 12.8 Å². The minimum Gasteiger partial charge on any atom is -0.662 e. The molecule has 0 aliphatic carbocycles. The summed E-state index contributed by atoms with van der Waals surface area (Å²) < 4.78 is 0. The molecule has 0 aliphatic heterocycles. The van der Waals surface area contributed by atoms with Crippen LogP contribution in [0.2, 0.25) is 0 Å². The SMILES string of the molecule is CC.CC[N-]CCC(C)CC.[W]. The van der Waals surface area contributed by atoms with E-state index >= 15 is 0 Å². The molecule has 12 heavy (non-hydrogen) atoms. The first-order valence-electron chi connectivity index (χ1n) is 4.94. The van der Waals surface area contributed by atoms with Crippen LogP contribution in [0.5, 0.6) is 0 Å². The molecule has 0 fully saturated rings. The quantitative estimate of drug-likeness (QED) is 0.674. The Balaban J connectivity index is -0.000000249. The molecule has 0 N–H and O–H groups in total. The molecule has 0 spiro atoms. The molecule has 1 unspecified atom stereocenters. The van der Waals surface area contributed by atoms with E-state index in [1.54, 1.807) is 0 Å². The summed E-state index contributed by atoms with van der Waals surface area (Å²) in [4.78, 5) is 0. The van der Waals surface area contributed by atoms with E-state index in [0.717, 1.165) is 19.0 Å². The molecular weight excluding hydrogens is 318 g/mol. The van der Waals surface area contributed by atoms with Crippen molar-refractivity contribution in [3.63, 3.8) is 0 Å². The molecule has 0 bridgehead atoms. The largest absolute Gasteiger partial charge is 0.662 e. The minimum absolute atomic E-state index is 0. The van der Waals surface area contributed by atoms with Gasteiger partial charge in [0.15, 0.2) is 0 Å². The van der Waals surface area contributed by atoms with Gasteiger partial charge in [-0.05, 0) is 5.92 Å². The van der Waals surface area contributed by atoms with Gasteiger partial charge in [0.25, 0.3) is 0 Å². The number of rotatable bonds is 5. The van der Waals surface area contributed by atoms with Crippen LogP contribution in [0.25, 0.3) is 5.32 Å². The Morgan fingerprint density at radius 1 is 1.17 bits per heavy atom. The predicted octanol–water partition coefficient (Wildman–Crippen LogP) is 3.84. The van der Waals surface area contributed by atoms with Crippen LogP contribution in [0.4, 0.5) is 0 Å². The zero-order valence-electron chi connectivity index (χ0n) is 9.26. The molecule has 0 aromatic rings. The molecule has 2 heteroatoms. The van der Waals surface area contributed by atoms with E-state index in [1.807, 2.05) is 13.8 Å². The third-order valence-electron chi connectivity index (χ3n) is 1.70. The van der Waals surface area contributed by atoms with E-state index in [4.69, 9.17) is 0 Å². The maximum absolute atomic E-state index is 4.26. The minimum atomic E-state index is 0. The van der Waals surface area contributed by atoms with E-state index in [-0.39, 0.29) is 21.1 Å². The summed E-state index contributed by atoms with van der Waals surface area (Å²) in [6.45, 7) is 12.7. The van der Waals surface area contributed by atoms with Gasteiger partial charge in [0.2, 0.25) is 0 Å². The summed E-state index contributed by atoms with van der Waals surface area (Å²) in [5, 5.41) is 4.26. The van der Waals surface area contributed by atoms with Crippen LogP contribution in [0.1, 0.15) is 47.5 Å².